The van der Waals surface area contributed by atoms with Crippen molar-refractivity contribution in [3.63, 3.8) is 0 Å². The first-order chi connectivity index (χ1) is 23.7. The van der Waals surface area contributed by atoms with Crippen LogP contribution in [0.5, 0.6) is 0 Å². The van der Waals surface area contributed by atoms with Gasteiger partial charge in [0.15, 0.2) is 0 Å². The van der Waals surface area contributed by atoms with Crippen molar-refractivity contribution in [2.45, 2.75) is 12.8 Å². The summed E-state index contributed by atoms with van der Waals surface area (Å²) in [6, 6.07) is 50.9. The lowest BCUT2D eigenvalue weighted by Gasteiger charge is -2.20. The predicted octanol–water partition coefficient (Wildman–Crippen LogP) is 11.0. The first kappa shape index (κ1) is 27.7. The van der Waals surface area contributed by atoms with Gasteiger partial charge in [0.2, 0.25) is 0 Å². The number of allylic oxidation sites excluding steroid dienone is 4. The van der Waals surface area contributed by atoms with Crippen LogP contribution in [0.4, 0.5) is 0 Å². The number of aromatic nitrogens is 2. The Hall–Kier alpha value is -6.62. The monoisotopic (exact) mass is 612 g/mol. The van der Waals surface area contributed by atoms with E-state index in [1.54, 1.807) is 0 Å². The lowest BCUT2D eigenvalue weighted by Crippen LogP contribution is -2.03. The van der Waals surface area contributed by atoms with Gasteiger partial charge in [0.25, 0.3) is 0 Å². The van der Waals surface area contributed by atoms with Crippen molar-refractivity contribution in [2.75, 3.05) is 0 Å². The number of hydrogen-bond donors (Lipinski definition) is 0. The second kappa shape index (κ2) is 11.0. The van der Waals surface area contributed by atoms with Gasteiger partial charge < -0.3 is 9.13 Å². The largest absolute Gasteiger partial charge is 0.312 e. The zero-order valence-electron chi connectivity index (χ0n) is 26.1. The molecule has 0 fully saturated rings. The third-order valence-electron chi connectivity index (χ3n) is 9.68. The minimum absolute atomic E-state index is 0.631. The van der Waals surface area contributed by atoms with E-state index in [4.69, 9.17) is 0 Å². The minimum atomic E-state index is 0.631. The molecule has 0 spiro atoms. The van der Waals surface area contributed by atoms with E-state index in [0.717, 1.165) is 73.6 Å². The highest BCUT2D eigenvalue weighted by Gasteiger charge is 2.21. The van der Waals surface area contributed by atoms with Crippen LogP contribution in [0.15, 0.2) is 146 Å². The van der Waals surface area contributed by atoms with Crippen molar-refractivity contribution in [3.05, 3.63) is 162 Å². The van der Waals surface area contributed by atoms with Crippen molar-refractivity contribution < 1.29 is 0 Å². The van der Waals surface area contributed by atoms with Gasteiger partial charge in [-0.15, -0.1) is 0 Å². The van der Waals surface area contributed by atoms with Crippen LogP contribution >= 0.6 is 0 Å². The van der Waals surface area contributed by atoms with Gasteiger partial charge in [-0.25, -0.2) is 0 Å². The van der Waals surface area contributed by atoms with E-state index in [-0.39, 0.29) is 0 Å². The van der Waals surface area contributed by atoms with E-state index in [0.29, 0.717) is 11.1 Å². The molecule has 0 atom stereocenters. The molecule has 6 aromatic carbocycles. The van der Waals surface area contributed by atoms with E-state index >= 15 is 0 Å². The summed E-state index contributed by atoms with van der Waals surface area (Å²) in [4.78, 5) is 0. The highest BCUT2D eigenvalue weighted by Crippen LogP contribution is 2.40. The Balaban J connectivity index is 1.20. The van der Waals surface area contributed by atoms with Crippen molar-refractivity contribution in [2.24, 2.45) is 0 Å². The average molecular weight is 613 g/mol. The molecule has 0 radical (unpaired) electrons. The summed E-state index contributed by atoms with van der Waals surface area (Å²) >= 11 is 0. The van der Waals surface area contributed by atoms with E-state index < -0.39 is 0 Å². The maximum Gasteiger partial charge on any atom is 0.0998 e. The molecule has 2 heterocycles. The van der Waals surface area contributed by atoms with Crippen LogP contribution in [-0.2, 0) is 0 Å². The van der Waals surface area contributed by atoms with Gasteiger partial charge in [-0.05, 0) is 78.1 Å². The molecule has 4 nitrogen and oxygen atoms in total. The van der Waals surface area contributed by atoms with Crippen molar-refractivity contribution in [1.29, 1.82) is 10.5 Å². The second-order valence-corrected chi connectivity index (χ2v) is 12.3. The fourth-order valence-electron chi connectivity index (χ4n) is 7.62. The summed E-state index contributed by atoms with van der Waals surface area (Å²) in [7, 11) is 0. The van der Waals surface area contributed by atoms with Crippen LogP contribution in [0.1, 0.15) is 29.5 Å². The van der Waals surface area contributed by atoms with Gasteiger partial charge in [0, 0.05) is 38.5 Å². The normalized spacial score (nSPS) is 13.0. The fourth-order valence-corrected chi connectivity index (χ4v) is 7.62. The van der Waals surface area contributed by atoms with E-state index in [9.17, 15) is 10.5 Å². The molecule has 0 aliphatic heterocycles. The Morgan fingerprint density at radius 2 is 1.15 bits per heavy atom. The molecule has 0 unspecified atom stereocenters. The number of para-hydroxylation sites is 3. The van der Waals surface area contributed by atoms with Crippen LogP contribution in [0.3, 0.4) is 0 Å². The van der Waals surface area contributed by atoms with E-state index in [1.807, 2.05) is 24.3 Å². The van der Waals surface area contributed by atoms with Gasteiger partial charge in [0.05, 0.1) is 45.3 Å². The zero-order valence-corrected chi connectivity index (χ0v) is 26.1. The lowest BCUT2D eigenvalue weighted by molar-refractivity contribution is 0.983. The summed E-state index contributed by atoms with van der Waals surface area (Å²) in [5.41, 5.74) is 12.0. The Morgan fingerprint density at radius 3 is 1.88 bits per heavy atom. The van der Waals surface area contributed by atoms with Gasteiger partial charge in [-0.1, -0.05) is 97.1 Å². The molecule has 0 N–H and O–H groups in total. The van der Waals surface area contributed by atoms with Gasteiger partial charge in [-0.3, -0.25) is 0 Å². The SMILES string of the molecule is N#Cc1cc(-n2c3ccccc3c3ccccc32)ccc1-c1cccc(C2=C(n3c4ccccc4c4c(C#N)cccc43)CCC=C2)c1. The molecule has 0 saturated heterocycles. The Bertz CT molecular complexity index is 2700. The maximum atomic E-state index is 10.5. The molecular weight excluding hydrogens is 585 g/mol. The van der Waals surface area contributed by atoms with Gasteiger partial charge in [-0.2, -0.15) is 10.5 Å². The molecule has 48 heavy (non-hydrogen) atoms. The summed E-state index contributed by atoms with van der Waals surface area (Å²) in [6.07, 6.45) is 6.27. The summed E-state index contributed by atoms with van der Waals surface area (Å²) in [5.74, 6) is 0. The van der Waals surface area contributed by atoms with Crippen LogP contribution < -0.4 is 0 Å². The topological polar surface area (TPSA) is 57.4 Å². The van der Waals surface area contributed by atoms with E-state index in [2.05, 4.69) is 143 Å². The predicted molar refractivity (Wildman–Crippen MR) is 197 cm³/mol. The van der Waals surface area contributed by atoms with E-state index in [1.165, 1.54) is 16.5 Å². The molecule has 1 aliphatic carbocycles. The summed E-state index contributed by atoms with van der Waals surface area (Å²) < 4.78 is 4.59. The van der Waals surface area contributed by atoms with Crippen molar-refractivity contribution in [3.8, 4) is 29.0 Å². The van der Waals surface area contributed by atoms with Crippen LogP contribution in [0.25, 0.3) is 71.7 Å². The Kier molecular flexibility index (Phi) is 6.35. The zero-order chi connectivity index (χ0) is 32.2. The molecule has 0 bridgehead atoms. The molecule has 224 valence electrons. The molecule has 9 rings (SSSR count). The third-order valence-corrected chi connectivity index (χ3v) is 9.68. The smallest absolute Gasteiger partial charge is 0.0998 e. The molecule has 0 amide bonds. The Morgan fingerprint density at radius 1 is 0.521 bits per heavy atom. The molecule has 8 aromatic rings. The molecule has 2 aromatic heterocycles. The van der Waals surface area contributed by atoms with Crippen LogP contribution in [-0.4, -0.2) is 9.13 Å². The van der Waals surface area contributed by atoms with Crippen molar-refractivity contribution >= 4 is 54.9 Å². The maximum absolute atomic E-state index is 10.5. The number of hydrogen-bond acceptors (Lipinski definition) is 2. The highest BCUT2D eigenvalue weighted by molar-refractivity contribution is 6.14. The summed E-state index contributed by atoms with van der Waals surface area (Å²) in [5, 5.41) is 24.9. The standard InChI is InChI=1S/C44H28N4/c45-27-31-13-10-22-43-44(31)38-17-4-8-21-42(38)48(43)39-18-5-1-14-35(39)30-12-9-11-29(25-30)34-24-23-33(26-32(34)28-46)47-40-19-6-2-15-36(40)37-16-3-7-20-41(37)47/h1-4,6-17,19-26H,5,18H2. The highest BCUT2D eigenvalue weighted by atomic mass is 15.0. The van der Waals surface area contributed by atoms with Gasteiger partial charge >= 0.3 is 0 Å². The molecular formula is C44H28N4. The molecule has 0 saturated carbocycles. The molecule has 4 heteroatoms. The molecule has 1 aliphatic rings. The number of nitrogens with zero attached hydrogens (tertiary/aromatic N) is 4. The van der Waals surface area contributed by atoms with Crippen LogP contribution in [0.2, 0.25) is 0 Å². The number of nitriles is 2. The third kappa shape index (κ3) is 4.14. The van der Waals surface area contributed by atoms with Gasteiger partial charge in [0.1, 0.15) is 0 Å². The minimum Gasteiger partial charge on any atom is -0.312 e. The number of fused-ring (bicyclic) bond motifs is 6. The average Bonchev–Trinajstić information content (AvgIpc) is 3.68. The summed E-state index contributed by atoms with van der Waals surface area (Å²) in [6.45, 7) is 0. The fraction of sp³-hybridized carbons (Fsp3) is 0.0455. The van der Waals surface area contributed by atoms with Crippen LogP contribution in [0, 0.1) is 22.7 Å². The number of benzene rings is 6. The second-order valence-electron chi connectivity index (χ2n) is 12.3. The number of rotatable bonds is 4. The van der Waals surface area contributed by atoms with Crippen molar-refractivity contribution in [1.82, 2.24) is 9.13 Å². The Labute approximate surface area is 277 Å². The lowest BCUT2D eigenvalue weighted by atomic mass is 9.92. The quantitative estimate of drug-likeness (QED) is 0.199. The first-order valence-corrected chi connectivity index (χ1v) is 16.2. The first-order valence-electron chi connectivity index (χ1n) is 16.2.